The van der Waals surface area contributed by atoms with E-state index in [2.05, 4.69) is 26.5 Å². The largest absolute Gasteiger partial charge is 0.464 e. The Kier molecular flexibility index (Phi) is 4.41. The van der Waals surface area contributed by atoms with Crippen molar-refractivity contribution in [3.8, 4) is 0 Å². The fraction of sp³-hybridized carbons (Fsp3) is 0.583. The predicted octanol–water partition coefficient (Wildman–Crippen LogP) is 1.59. The van der Waals surface area contributed by atoms with Crippen LogP contribution in [0.1, 0.15) is 23.8 Å². The summed E-state index contributed by atoms with van der Waals surface area (Å²) < 4.78 is 4.67. The second kappa shape index (κ2) is 6.04. The molecule has 1 aliphatic rings. The summed E-state index contributed by atoms with van der Waals surface area (Å²) in [6.07, 6.45) is 4.26. The van der Waals surface area contributed by atoms with Crippen molar-refractivity contribution in [3.05, 3.63) is 18.1 Å². The Labute approximate surface area is 111 Å². The van der Waals surface area contributed by atoms with Gasteiger partial charge < -0.3 is 9.64 Å². The van der Waals surface area contributed by atoms with Crippen LogP contribution in [0, 0.1) is 0 Å². The minimum absolute atomic E-state index is 0.263. The topological polar surface area (TPSA) is 55.3 Å². The average Bonchev–Trinajstić information content (AvgIpc) is 2.62. The number of hydrogen-bond acceptors (Lipinski definition) is 6. The number of nitrogens with zero attached hydrogens (tertiary/aromatic N) is 3. The van der Waals surface area contributed by atoms with Crippen LogP contribution >= 0.6 is 11.8 Å². The maximum Gasteiger partial charge on any atom is 0.358 e. The van der Waals surface area contributed by atoms with Crippen LogP contribution in [0.25, 0.3) is 0 Å². The highest BCUT2D eigenvalue weighted by Gasteiger charge is 2.20. The maximum atomic E-state index is 11.5. The molecule has 0 aromatic carbocycles. The van der Waals surface area contributed by atoms with Gasteiger partial charge in [0.2, 0.25) is 0 Å². The summed E-state index contributed by atoms with van der Waals surface area (Å²) in [5.74, 6) is 2.56. The monoisotopic (exact) mass is 267 g/mol. The molecule has 1 aromatic heterocycles. The van der Waals surface area contributed by atoms with Gasteiger partial charge in [0.15, 0.2) is 5.69 Å². The first-order valence-electron chi connectivity index (χ1n) is 5.97. The van der Waals surface area contributed by atoms with E-state index in [4.69, 9.17) is 0 Å². The summed E-state index contributed by atoms with van der Waals surface area (Å²) in [7, 11) is 1.35. The number of carbonyl (C=O) groups is 1. The zero-order chi connectivity index (χ0) is 13.0. The number of aromatic nitrogens is 2. The lowest BCUT2D eigenvalue weighted by atomic mass is 10.2. The molecule has 0 saturated carbocycles. The van der Waals surface area contributed by atoms with E-state index < -0.39 is 5.97 Å². The standard InChI is InChI=1S/C12H17N3O2S/c1-9-3-5-18-6-4-15(9)11-8-13-7-10(14-11)12(16)17-2/h7-9H,3-6H2,1-2H3. The first-order chi connectivity index (χ1) is 8.72. The van der Waals surface area contributed by atoms with Crippen LogP contribution in [0.5, 0.6) is 0 Å². The third-order valence-corrected chi connectivity index (χ3v) is 3.99. The molecule has 0 spiro atoms. The van der Waals surface area contributed by atoms with Crippen molar-refractivity contribution < 1.29 is 9.53 Å². The Balaban J connectivity index is 2.23. The number of anilines is 1. The van der Waals surface area contributed by atoms with E-state index in [1.807, 2.05) is 11.8 Å². The first kappa shape index (κ1) is 13.1. The van der Waals surface area contributed by atoms with Gasteiger partial charge in [-0.25, -0.2) is 9.78 Å². The van der Waals surface area contributed by atoms with Crippen molar-refractivity contribution >= 4 is 23.5 Å². The number of hydrogen-bond donors (Lipinski definition) is 0. The van der Waals surface area contributed by atoms with Gasteiger partial charge in [0, 0.05) is 18.3 Å². The van der Waals surface area contributed by atoms with Crippen LogP contribution in [0.15, 0.2) is 12.4 Å². The number of methoxy groups -OCH3 is 1. The molecule has 1 aromatic rings. The lowest BCUT2D eigenvalue weighted by Gasteiger charge is -2.27. The Bertz CT molecular complexity index is 428. The molecule has 5 nitrogen and oxygen atoms in total. The van der Waals surface area contributed by atoms with Crippen molar-refractivity contribution in [2.45, 2.75) is 19.4 Å². The average molecular weight is 267 g/mol. The summed E-state index contributed by atoms with van der Waals surface area (Å²) in [6.45, 7) is 3.11. The van der Waals surface area contributed by atoms with E-state index in [9.17, 15) is 4.79 Å². The van der Waals surface area contributed by atoms with Crippen LogP contribution in [0.3, 0.4) is 0 Å². The number of ether oxygens (including phenoxy) is 1. The van der Waals surface area contributed by atoms with Crippen molar-refractivity contribution in [1.82, 2.24) is 9.97 Å². The molecular formula is C12H17N3O2S. The SMILES string of the molecule is COC(=O)c1cncc(N2CCSCCC2C)n1. The number of esters is 1. The summed E-state index contributed by atoms with van der Waals surface area (Å²) in [4.78, 5) is 22.1. The van der Waals surface area contributed by atoms with Crippen LogP contribution < -0.4 is 4.90 Å². The Morgan fingerprint density at radius 2 is 2.33 bits per heavy atom. The zero-order valence-corrected chi connectivity index (χ0v) is 11.4. The number of carbonyl (C=O) groups excluding carboxylic acids is 1. The van der Waals surface area contributed by atoms with E-state index >= 15 is 0 Å². The fourth-order valence-corrected chi connectivity index (χ4v) is 2.97. The van der Waals surface area contributed by atoms with Gasteiger partial charge in [0.05, 0.1) is 19.5 Å². The third kappa shape index (κ3) is 2.93. The number of rotatable bonds is 2. The van der Waals surface area contributed by atoms with Crippen molar-refractivity contribution in [3.63, 3.8) is 0 Å². The maximum absolute atomic E-state index is 11.5. The molecule has 0 radical (unpaired) electrons. The molecule has 0 amide bonds. The fourth-order valence-electron chi connectivity index (χ4n) is 1.93. The van der Waals surface area contributed by atoms with Gasteiger partial charge in [-0.1, -0.05) is 0 Å². The quantitative estimate of drug-likeness (QED) is 0.759. The second-order valence-corrected chi connectivity index (χ2v) is 5.42. The Morgan fingerprint density at radius 1 is 1.50 bits per heavy atom. The van der Waals surface area contributed by atoms with Gasteiger partial charge in [-0.05, 0) is 19.1 Å². The van der Waals surface area contributed by atoms with Gasteiger partial charge in [-0.3, -0.25) is 4.98 Å². The molecule has 1 fully saturated rings. The molecule has 0 bridgehead atoms. The molecule has 0 aliphatic carbocycles. The van der Waals surface area contributed by atoms with E-state index in [1.165, 1.54) is 19.1 Å². The van der Waals surface area contributed by atoms with Gasteiger partial charge in [-0.15, -0.1) is 0 Å². The Morgan fingerprint density at radius 3 is 3.11 bits per heavy atom. The predicted molar refractivity (Wildman–Crippen MR) is 72.1 cm³/mol. The third-order valence-electron chi connectivity index (χ3n) is 3.00. The van der Waals surface area contributed by atoms with E-state index in [1.54, 1.807) is 6.20 Å². The van der Waals surface area contributed by atoms with E-state index in [-0.39, 0.29) is 5.69 Å². The lowest BCUT2D eigenvalue weighted by Crippen LogP contribution is -2.34. The molecular weight excluding hydrogens is 250 g/mol. The highest BCUT2D eigenvalue weighted by molar-refractivity contribution is 7.99. The molecule has 1 saturated heterocycles. The van der Waals surface area contributed by atoms with Crippen molar-refractivity contribution in [1.29, 1.82) is 0 Å². The molecule has 1 aliphatic heterocycles. The molecule has 0 N–H and O–H groups in total. The molecule has 18 heavy (non-hydrogen) atoms. The smallest absolute Gasteiger partial charge is 0.358 e. The summed E-state index contributed by atoms with van der Waals surface area (Å²) >= 11 is 1.95. The molecule has 2 heterocycles. The summed E-state index contributed by atoms with van der Waals surface area (Å²) in [6, 6.07) is 0.419. The Hall–Kier alpha value is -1.30. The highest BCUT2D eigenvalue weighted by Crippen LogP contribution is 2.21. The minimum atomic E-state index is -0.443. The molecule has 98 valence electrons. The minimum Gasteiger partial charge on any atom is -0.464 e. The van der Waals surface area contributed by atoms with Crippen LogP contribution in [-0.4, -0.2) is 47.1 Å². The normalized spacial score (nSPS) is 20.3. The van der Waals surface area contributed by atoms with Crippen molar-refractivity contribution in [2.24, 2.45) is 0 Å². The van der Waals surface area contributed by atoms with Crippen LogP contribution in [-0.2, 0) is 4.74 Å². The van der Waals surface area contributed by atoms with Crippen LogP contribution in [0.2, 0.25) is 0 Å². The van der Waals surface area contributed by atoms with Gasteiger partial charge in [0.1, 0.15) is 5.82 Å². The summed E-state index contributed by atoms with van der Waals surface area (Å²) in [5, 5.41) is 0. The molecule has 1 unspecified atom stereocenters. The van der Waals surface area contributed by atoms with Gasteiger partial charge in [0.25, 0.3) is 0 Å². The van der Waals surface area contributed by atoms with Crippen LogP contribution in [0.4, 0.5) is 5.82 Å². The molecule has 1 atom stereocenters. The van der Waals surface area contributed by atoms with Gasteiger partial charge in [-0.2, -0.15) is 11.8 Å². The first-order valence-corrected chi connectivity index (χ1v) is 7.12. The summed E-state index contributed by atoms with van der Waals surface area (Å²) in [5.41, 5.74) is 0.263. The van der Waals surface area contributed by atoms with Crippen molar-refractivity contribution in [2.75, 3.05) is 30.1 Å². The number of thioether (sulfide) groups is 1. The highest BCUT2D eigenvalue weighted by atomic mass is 32.2. The van der Waals surface area contributed by atoms with Gasteiger partial charge >= 0.3 is 5.97 Å². The van der Waals surface area contributed by atoms with E-state index in [0.717, 1.165) is 24.5 Å². The zero-order valence-electron chi connectivity index (χ0n) is 10.6. The second-order valence-electron chi connectivity index (χ2n) is 4.20. The molecule has 6 heteroatoms. The molecule has 2 rings (SSSR count). The van der Waals surface area contributed by atoms with E-state index in [0.29, 0.717) is 6.04 Å². The lowest BCUT2D eigenvalue weighted by molar-refractivity contribution is 0.0593.